The highest BCUT2D eigenvalue weighted by atomic mass is 32.2. The number of benzene rings is 1. The Morgan fingerprint density at radius 1 is 1.19 bits per heavy atom. The zero-order chi connectivity index (χ0) is 23.9. The predicted molar refractivity (Wildman–Crippen MR) is 104 cm³/mol. The van der Waals surface area contributed by atoms with Gasteiger partial charge in [0.2, 0.25) is 5.88 Å². The Hall–Kier alpha value is -3.22. The second-order valence-corrected chi connectivity index (χ2v) is 8.35. The Balaban J connectivity index is 2.69. The Labute approximate surface area is 175 Å². The molecule has 31 heavy (non-hydrogen) atoms. The standard InChI is InChI=1S/C18H18F3N3O6S/c1-9(2)10(3)15-11(4)12(6-7-14(15)24(26)27)16(25)13-8-22-23(5)17(13)30-31(28,29)18(19,20)21/h6-8H,1-5H3. The van der Waals surface area contributed by atoms with Crippen LogP contribution in [0, 0.1) is 17.0 Å². The number of nitro benzene ring substituents is 1. The number of hydrogen-bond acceptors (Lipinski definition) is 7. The first-order chi connectivity index (χ1) is 14.1. The molecule has 0 N–H and O–H groups in total. The number of aromatic nitrogens is 2. The van der Waals surface area contributed by atoms with Crippen molar-refractivity contribution in [2.75, 3.05) is 0 Å². The lowest BCUT2D eigenvalue weighted by molar-refractivity contribution is -0.385. The molecule has 0 aliphatic heterocycles. The van der Waals surface area contributed by atoms with Crippen molar-refractivity contribution >= 4 is 27.2 Å². The number of carbonyl (C=O) groups is 1. The van der Waals surface area contributed by atoms with Gasteiger partial charge in [-0.1, -0.05) is 5.57 Å². The fourth-order valence-corrected chi connectivity index (χ4v) is 3.30. The largest absolute Gasteiger partial charge is 0.534 e. The lowest BCUT2D eigenvalue weighted by Crippen LogP contribution is -2.29. The molecule has 168 valence electrons. The van der Waals surface area contributed by atoms with Crippen molar-refractivity contribution in [1.82, 2.24) is 9.78 Å². The molecule has 0 unspecified atom stereocenters. The summed E-state index contributed by atoms with van der Waals surface area (Å²) in [5, 5.41) is 15.1. The van der Waals surface area contributed by atoms with Crippen molar-refractivity contribution in [2.45, 2.75) is 33.2 Å². The number of nitro groups is 1. The smallest absolute Gasteiger partial charge is 0.355 e. The molecule has 1 aromatic heterocycles. The van der Waals surface area contributed by atoms with Gasteiger partial charge in [-0.3, -0.25) is 14.9 Å². The summed E-state index contributed by atoms with van der Waals surface area (Å²) in [5.41, 5.74) is -4.92. The van der Waals surface area contributed by atoms with E-state index < -0.39 is 37.8 Å². The highest BCUT2D eigenvalue weighted by molar-refractivity contribution is 7.88. The fraction of sp³-hybridized carbons (Fsp3) is 0.333. The van der Waals surface area contributed by atoms with Gasteiger partial charge in [-0.25, -0.2) is 4.68 Å². The topological polar surface area (TPSA) is 121 Å². The minimum absolute atomic E-state index is 0.0801. The summed E-state index contributed by atoms with van der Waals surface area (Å²) in [5.74, 6) is -1.84. The molecule has 0 radical (unpaired) electrons. The Morgan fingerprint density at radius 2 is 1.77 bits per heavy atom. The van der Waals surface area contributed by atoms with E-state index in [2.05, 4.69) is 9.28 Å². The number of ketones is 1. The number of allylic oxidation sites excluding steroid dienone is 2. The van der Waals surface area contributed by atoms with Crippen LogP contribution in [0.2, 0.25) is 0 Å². The van der Waals surface area contributed by atoms with E-state index in [1.165, 1.54) is 6.92 Å². The van der Waals surface area contributed by atoms with Crippen LogP contribution in [0.3, 0.4) is 0 Å². The molecule has 0 atom stereocenters. The van der Waals surface area contributed by atoms with Gasteiger partial charge in [0.15, 0.2) is 5.78 Å². The maximum absolute atomic E-state index is 13.1. The van der Waals surface area contributed by atoms with Gasteiger partial charge in [0, 0.05) is 18.7 Å². The molecule has 0 bridgehead atoms. The van der Waals surface area contributed by atoms with Gasteiger partial charge in [0.1, 0.15) is 5.56 Å². The second kappa shape index (κ2) is 8.13. The summed E-state index contributed by atoms with van der Waals surface area (Å²) in [4.78, 5) is 23.9. The first-order valence-electron chi connectivity index (χ1n) is 8.60. The fourth-order valence-electron chi connectivity index (χ4n) is 2.80. The first kappa shape index (κ1) is 24.1. The maximum atomic E-state index is 13.1. The SMILES string of the molecule is CC(C)=C(C)c1c([N+](=O)[O-])ccc(C(=O)c2cnn(C)c2OS(=O)(=O)C(F)(F)F)c1C. The minimum atomic E-state index is -6.05. The number of hydrogen-bond donors (Lipinski definition) is 0. The summed E-state index contributed by atoms with van der Waals surface area (Å²) in [6.45, 7) is 6.53. The lowest BCUT2D eigenvalue weighted by Gasteiger charge is -2.14. The molecule has 1 heterocycles. The summed E-state index contributed by atoms with van der Waals surface area (Å²) < 4.78 is 65.8. The third kappa shape index (κ3) is 4.45. The van der Waals surface area contributed by atoms with Crippen LogP contribution in [0.4, 0.5) is 18.9 Å². The van der Waals surface area contributed by atoms with Gasteiger partial charge < -0.3 is 4.18 Å². The summed E-state index contributed by atoms with van der Waals surface area (Å²) in [6.07, 6.45) is 0.859. The molecule has 0 saturated carbocycles. The van der Waals surface area contributed by atoms with Gasteiger partial charge in [0.25, 0.3) is 5.69 Å². The van der Waals surface area contributed by atoms with E-state index in [0.717, 1.165) is 31.0 Å². The number of aryl methyl sites for hydroxylation is 1. The number of halogens is 3. The second-order valence-electron chi connectivity index (χ2n) is 6.81. The minimum Gasteiger partial charge on any atom is -0.355 e. The number of nitrogens with zero attached hydrogens (tertiary/aromatic N) is 3. The normalized spacial score (nSPS) is 11.9. The van der Waals surface area contributed by atoms with E-state index >= 15 is 0 Å². The average molecular weight is 461 g/mol. The van der Waals surface area contributed by atoms with Crippen LogP contribution in [-0.4, -0.2) is 34.4 Å². The van der Waals surface area contributed by atoms with Crippen molar-refractivity contribution in [3.8, 4) is 5.88 Å². The van der Waals surface area contributed by atoms with Crippen LogP contribution in [0.25, 0.3) is 5.57 Å². The third-order valence-electron chi connectivity index (χ3n) is 4.61. The predicted octanol–water partition coefficient (Wildman–Crippen LogP) is 3.91. The quantitative estimate of drug-likeness (QED) is 0.210. The number of carbonyl (C=O) groups excluding carboxylic acids is 1. The van der Waals surface area contributed by atoms with Crippen molar-refractivity contribution in [3.63, 3.8) is 0 Å². The van der Waals surface area contributed by atoms with Crippen LogP contribution < -0.4 is 4.18 Å². The molecular formula is C18H18F3N3O6S. The molecule has 0 amide bonds. The molecule has 0 aliphatic rings. The average Bonchev–Trinajstić information content (AvgIpc) is 2.99. The summed E-state index contributed by atoms with van der Waals surface area (Å²) in [6, 6.07) is 2.25. The molecule has 0 spiro atoms. The van der Waals surface area contributed by atoms with E-state index in [1.54, 1.807) is 20.8 Å². The van der Waals surface area contributed by atoms with Gasteiger partial charge in [-0.2, -0.15) is 26.7 Å². The molecule has 1 aromatic carbocycles. The van der Waals surface area contributed by atoms with Gasteiger partial charge in [0.05, 0.1) is 16.7 Å². The van der Waals surface area contributed by atoms with Crippen LogP contribution >= 0.6 is 0 Å². The molecule has 0 saturated heterocycles. The molecule has 0 aliphatic carbocycles. The van der Waals surface area contributed by atoms with Gasteiger partial charge in [-0.15, -0.1) is 0 Å². The van der Waals surface area contributed by atoms with Gasteiger partial charge >= 0.3 is 15.6 Å². The third-order valence-corrected chi connectivity index (χ3v) is 5.55. The van der Waals surface area contributed by atoms with Crippen molar-refractivity contribution in [3.05, 3.63) is 56.3 Å². The lowest BCUT2D eigenvalue weighted by atomic mass is 9.90. The van der Waals surface area contributed by atoms with Crippen molar-refractivity contribution < 1.29 is 35.5 Å². The van der Waals surface area contributed by atoms with E-state index in [0.29, 0.717) is 10.3 Å². The van der Waals surface area contributed by atoms with E-state index in [4.69, 9.17) is 0 Å². The van der Waals surface area contributed by atoms with Crippen molar-refractivity contribution in [2.24, 2.45) is 7.05 Å². The molecule has 13 heteroatoms. The van der Waals surface area contributed by atoms with Crippen LogP contribution in [0.15, 0.2) is 23.9 Å². The number of alkyl halides is 3. The van der Waals surface area contributed by atoms with E-state index in [-0.39, 0.29) is 22.4 Å². The maximum Gasteiger partial charge on any atom is 0.534 e. The Morgan fingerprint density at radius 3 is 2.26 bits per heavy atom. The first-order valence-corrected chi connectivity index (χ1v) is 10.0. The monoisotopic (exact) mass is 461 g/mol. The molecule has 9 nitrogen and oxygen atoms in total. The van der Waals surface area contributed by atoms with Crippen LogP contribution in [0.5, 0.6) is 5.88 Å². The van der Waals surface area contributed by atoms with Crippen LogP contribution in [-0.2, 0) is 17.2 Å². The summed E-state index contributed by atoms with van der Waals surface area (Å²) in [7, 11) is -4.96. The number of rotatable bonds is 6. The van der Waals surface area contributed by atoms with Crippen molar-refractivity contribution in [1.29, 1.82) is 0 Å². The molecule has 0 fully saturated rings. The van der Waals surface area contributed by atoms with Crippen LogP contribution in [0.1, 0.15) is 47.8 Å². The highest BCUT2D eigenvalue weighted by Crippen LogP contribution is 2.35. The Bertz CT molecular complexity index is 1210. The van der Waals surface area contributed by atoms with Gasteiger partial charge in [-0.05, 0) is 44.9 Å². The zero-order valence-corrected chi connectivity index (χ0v) is 17.9. The molecule has 2 aromatic rings. The molecular weight excluding hydrogens is 443 g/mol. The van der Waals surface area contributed by atoms with E-state index in [1.807, 2.05) is 0 Å². The Kier molecular flexibility index (Phi) is 6.31. The molecule has 2 rings (SSSR count). The highest BCUT2D eigenvalue weighted by Gasteiger charge is 2.49. The van der Waals surface area contributed by atoms with E-state index in [9.17, 15) is 36.5 Å². The summed E-state index contributed by atoms with van der Waals surface area (Å²) >= 11 is 0. The zero-order valence-electron chi connectivity index (χ0n) is 17.1.